The van der Waals surface area contributed by atoms with E-state index >= 15 is 0 Å². The van der Waals surface area contributed by atoms with Crippen LogP contribution in [0.15, 0.2) is 91.0 Å². The molecule has 1 unspecified atom stereocenters. The Morgan fingerprint density at radius 1 is 0.667 bits per heavy atom. The number of methoxy groups -OCH3 is 1. The zero-order valence-corrected chi connectivity index (χ0v) is 22.5. The minimum Gasteiger partial charge on any atom is -0.382 e. The van der Waals surface area contributed by atoms with Gasteiger partial charge < -0.3 is 28.4 Å². The molecule has 3 aromatic rings. The van der Waals surface area contributed by atoms with Crippen LogP contribution in [0, 0.1) is 12.3 Å². The first kappa shape index (κ1) is 29.0. The van der Waals surface area contributed by atoms with Gasteiger partial charge in [-0.3, -0.25) is 0 Å². The lowest BCUT2D eigenvalue weighted by Crippen LogP contribution is -2.61. The quantitative estimate of drug-likeness (QED) is 0.190. The van der Waals surface area contributed by atoms with Crippen molar-refractivity contribution < 1.29 is 28.4 Å². The number of hydrogen-bond donors (Lipinski definition) is 0. The van der Waals surface area contributed by atoms with Crippen LogP contribution in [0.2, 0.25) is 0 Å². The van der Waals surface area contributed by atoms with Gasteiger partial charge in [0.1, 0.15) is 24.4 Å². The van der Waals surface area contributed by atoms with E-state index in [1.165, 1.54) is 0 Å². The Balaban J connectivity index is 1.60. The summed E-state index contributed by atoms with van der Waals surface area (Å²) in [7, 11) is 1.65. The van der Waals surface area contributed by atoms with Crippen LogP contribution in [-0.2, 0) is 48.2 Å². The average Bonchev–Trinajstić information content (AvgIpc) is 2.99. The summed E-state index contributed by atoms with van der Waals surface area (Å²) in [5.41, 5.74) is 3.17. The number of ether oxygens (including phenoxy) is 6. The van der Waals surface area contributed by atoms with Gasteiger partial charge in [0.25, 0.3) is 0 Å². The molecule has 6 heteroatoms. The molecule has 5 atom stereocenters. The predicted octanol–water partition coefficient (Wildman–Crippen LogP) is 5.54. The molecule has 0 radical (unpaired) electrons. The second-order valence-corrected chi connectivity index (χ2v) is 9.46. The van der Waals surface area contributed by atoms with Gasteiger partial charge in [0.2, 0.25) is 0 Å². The van der Waals surface area contributed by atoms with Crippen LogP contribution >= 0.6 is 0 Å². The molecule has 3 aromatic carbocycles. The number of terminal acetylenes is 1. The molecule has 0 spiro atoms. The van der Waals surface area contributed by atoms with E-state index in [1.807, 2.05) is 91.0 Å². The molecule has 1 saturated heterocycles. The third-order valence-corrected chi connectivity index (χ3v) is 6.53. The van der Waals surface area contributed by atoms with Gasteiger partial charge in [0, 0.05) is 13.5 Å². The summed E-state index contributed by atoms with van der Waals surface area (Å²) in [5, 5.41) is 0. The van der Waals surface area contributed by atoms with Gasteiger partial charge in [-0.1, -0.05) is 91.0 Å². The van der Waals surface area contributed by atoms with Crippen molar-refractivity contribution >= 4 is 0 Å². The van der Waals surface area contributed by atoms with Crippen molar-refractivity contribution in [2.75, 3.05) is 20.3 Å². The van der Waals surface area contributed by atoms with Gasteiger partial charge in [-0.15, -0.1) is 12.3 Å². The van der Waals surface area contributed by atoms with Crippen LogP contribution < -0.4 is 0 Å². The van der Waals surface area contributed by atoms with Gasteiger partial charge in [-0.25, -0.2) is 0 Å². The van der Waals surface area contributed by atoms with E-state index in [2.05, 4.69) is 5.92 Å². The summed E-state index contributed by atoms with van der Waals surface area (Å²) in [6.07, 6.45) is 4.21. The van der Waals surface area contributed by atoms with Crippen molar-refractivity contribution in [3.8, 4) is 12.3 Å². The Kier molecular flexibility index (Phi) is 12.0. The largest absolute Gasteiger partial charge is 0.382 e. The van der Waals surface area contributed by atoms with Crippen molar-refractivity contribution in [3.63, 3.8) is 0 Å². The minimum atomic E-state index is -0.677. The molecular weight excluding hydrogens is 492 g/mol. The SMILES string of the molecule is C#CCCCOC1O[C@H](COC)[C@@H](OCc2ccccc2)[C@H](OCc2ccccc2)[C@H]1OCc1ccccc1. The Morgan fingerprint density at radius 2 is 1.15 bits per heavy atom. The van der Waals surface area contributed by atoms with Crippen molar-refractivity contribution in [2.24, 2.45) is 0 Å². The molecule has 39 heavy (non-hydrogen) atoms. The molecule has 0 N–H and O–H groups in total. The van der Waals surface area contributed by atoms with E-state index in [1.54, 1.807) is 7.11 Å². The molecule has 1 heterocycles. The Labute approximate surface area is 232 Å². The average molecular weight is 531 g/mol. The topological polar surface area (TPSA) is 55.4 Å². The van der Waals surface area contributed by atoms with Crippen molar-refractivity contribution in [2.45, 2.75) is 63.4 Å². The van der Waals surface area contributed by atoms with Gasteiger partial charge in [-0.05, 0) is 23.1 Å². The van der Waals surface area contributed by atoms with Gasteiger partial charge >= 0.3 is 0 Å². The lowest BCUT2D eigenvalue weighted by molar-refractivity contribution is -0.327. The first-order valence-electron chi connectivity index (χ1n) is 13.4. The van der Waals surface area contributed by atoms with Gasteiger partial charge in [0.05, 0.1) is 33.0 Å². The fourth-order valence-corrected chi connectivity index (χ4v) is 4.55. The number of benzene rings is 3. The normalized spacial score (nSPS) is 22.8. The smallest absolute Gasteiger partial charge is 0.186 e. The maximum Gasteiger partial charge on any atom is 0.186 e. The Bertz CT molecular complexity index is 1100. The Hall–Kier alpha value is -3.02. The van der Waals surface area contributed by atoms with Crippen molar-refractivity contribution in [1.82, 2.24) is 0 Å². The number of rotatable bonds is 15. The molecule has 0 bridgehead atoms. The second-order valence-electron chi connectivity index (χ2n) is 9.46. The van der Waals surface area contributed by atoms with E-state index in [9.17, 15) is 0 Å². The zero-order chi connectivity index (χ0) is 27.1. The fraction of sp³-hybridized carbons (Fsp3) is 0.394. The summed E-state index contributed by atoms with van der Waals surface area (Å²) in [6, 6.07) is 30.2. The summed E-state index contributed by atoms with van der Waals surface area (Å²) in [5.74, 6) is 2.66. The summed E-state index contributed by atoms with van der Waals surface area (Å²) in [4.78, 5) is 0. The fourth-order valence-electron chi connectivity index (χ4n) is 4.55. The minimum absolute atomic E-state index is 0.320. The molecule has 1 aliphatic rings. The first-order chi connectivity index (χ1) is 19.3. The third kappa shape index (κ3) is 9.01. The molecule has 4 rings (SSSR count). The van der Waals surface area contributed by atoms with Crippen LogP contribution in [0.3, 0.4) is 0 Å². The molecule has 1 fully saturated rings. The molecule has 0 aliphatic carbocycles. The second kappa shape index (κ2) is 16.2. The molecule has 206 valence electrons. The van der Waals surface area contributed by atoms with E-state index in [0.717, 1.165) is 23.1 Å². The van der Waals surface area contributed by atoms with Crippen LogP contribution in [0.1, 0.15) is 29.5 Å². The van der Waals surface area contributed by atoms with Crippen LogP contribution in [-0.4, -0.2) is 51.0 Å². The molecule has 0 saturated carbocycles. The van der Waals surface area contributed by atoms with Crippen molar-refractivity contribution in [3.05, 3.63) is 108 Å². The molecule has 0 aromatic heterocycles. The first-order valence-corrected chi connectivity index (χ1v) is 13.4. The zero-order valence-electron chi connectivity index (χ0n) is 22.5. The monoisotopic (exact) mass is 530 g/mol. The summed E-state index contributed by atoms with van der Waals surface area (Å²) in [6.45, 7) is 1.94. The van der Waals surface area contributed by atoms with E-state index in [4.69, 9.17) is 34.8 Å². The van der Waals surface area contributed by atoms with Crippen LogP contribution in [0.25, 0.3) is 0 Å². The highest BCUT2D eigenvalue weighted by molar-refractivity contribution is 5.15. The Morgan fingerprint density at radius 3 is 1.64 bits per heavy atom. The van der Waals surface area contributed by atoms with Gasteiger partial charge in [-0.2, -0.15) is 0 Å². The maximum absolute atomic E-state index is 6.61. The molecule has 0 amide bonds. The standard InChI is InChI=1S/C33H38O6/c1-3-4-14-21-35-33-32(38-24-28-19-12-7-13-20-28)31(37-23-27-17-10-6-11-18-27)30(29(39-33)25-34-2)36-22-26-15-8-5-9-16-26/h1,5-13,15-20,29-33H,4,14,21-25H2,2H3/t29-,30-,31+,32-,33?/m1/s1. The van der Waals surface area contributed by atoms with E-state index < -0.39 is 30.7 Å². The lowest BCUT2D eigenvalue weighted by atomic mass is 9.97. The number of unbranched alkanes of at least 4 members (excludes halogenated alkanes) is 1. The van der Waals surface area contributed by atoms with Crippen LogP contribution in [0.4, 0.5) is 0 Å². The summed E-state index contributed by atoms with van der Waals surface area (Å²) < 4.78 is 37.9. The molecule has 6 nitrogen and oxygen atoms in total. The lowest BCUT2D eigenvalue weighted by Gasteiger charge is -2.45. The van der Waals surface area contributed by atoms with E-state index in [-0.39, 0.29) is 0 Å². The number of hydrogen-bond acceptors (Lipinski definition) is 6. The third-order valence-electron chi connectivity index (χ3n) is 6.53. The van der Waals surface area contributed by atoms with Gasteiger partial charge in [0.15, 0.2) is 6.29 Å². The highest BCUT2D eigenvalue weighted by Gasteiger charge is 2.49. The van der Waals surface area contributed by atoms with Crippen LogP contribution in [0.5, 0.6) is 0 Å². The maximum atomic E-state index is 6.61. The molecular formula is C33H38O6. The predicted molar refractivity (Wildman–Crippen MR) is 150 cm³/mol. The highest BCUT2D eigenvalue weighted by atomic mass is 16.7. The van der Waals surface area contributed by atoms with E-state index in [0.29, 0.717) is 39.5 Å². The van der Waals surface area contributed by atoms with Crippen molar-refractivity contribution in [1.29, 1.82) is 0 Å². The highest BCUT2D eigenvalue weighted by Crippen LogP contribution is 2.31. The molecule has 1 aliphatic heterocycles. The summed E-state index contributed by atoms with van der Waals surface area (Å²) >= 11 is 0.